The minimum atomic E-state index is -0.944. The molecule has 0 bridgehead atoms. The number of nitrogens with one attached hydrogen (secondary N) is 1. The lowest BCUT2D eigenvalue weighted by atomic mass is 9.92. The topological polar surface area (TPSA) is 152 Å². The van der Waals surface area contributed by atoms with Gasteiger partial charge in [-0.15, -0.1) is 10.2 Å². The number of piperidine rings is 1. The largest absolute Gasteiger partial charge is 0.490 e. The first-order valence-corrected chi connectivity index (χ1v) is 14.7. The maximum absolute atomic E-state index is 12.9. The molecule has 1 aromatic heterocycles. The van der Waals surface area contributed by atoms with Crippen molar-refractivity contribution in [3.05, 3.63) is 46.6 Å². The molecular formula is C29H34ClN7O5. The molecule has 42 heavy (non-hydrogen) atoms. The average Bonchev–Trinajstić information content (AvgIpc) is 3.02. The molecule has 0 radical (unpaired) electrons. The van der Waals surface area contributed by atoms with Gasteiger partial charge in [0.2, 0.25) is 5.91 Å². The van der Waals surface area contributed by atoms with Gasteiger partial charge in [-0.3, -0.25) is 9.59 Å². The standard InChI is InChI=1S/C29H34ClN7O5/c30-24-17-23(4-1-20(24)18-31)42-22-5-2-21(3-6-22)32-27(38)25-7-8-26(34-33-25)35-11-9-19(10-12-35)28(39)36-13-15-37(16-14-36)29(40)41/h1,4,7-8,17,19,21-22H,2-3,5-6,9-16H2,(H,32,38)(H,40,41). The van der Waals surface area contributed by atoms with Crippen LogP contribution in [0.4, 0.5) is 10.6 Å². The van der Waals surface area contributed by atoms with Crippen molar-refractivity contribution in [1.29, 1.82) is 5.26 Å². The zero-order valence-electron chi connectivity index (χ0n) is 23.2. The Hall–Kier alpha value is -4.11. The second-order valence-electron chi connectivity index (χ2n) is 11.0. The number of piperazine rings is 1. The van der Waals surface area contributed by atoms with Crippen LogP contribution in [0.15, 0.2) is 30.3 Å². The van der Waals surface area contributed by atoms with E-state index in [0.29, 0.717) is 74.3 Å². The third-order valence-electron chi connectivity index (χ3n) is 8.29. The summed E-state index contributed by atoms with van der Waals surface area (Å²) < 4.78 is 6.03. The highest BCUT2D eigenvalue weighted by molar-refractivity contribution is 6.31. The normalized spacial score (nSPS) is 21.4. The van der Waals surface area contributed by atoms with Crippen LogP contribution in [0.2, 0.25) is 5.02 Å². The fourth-order valence-electron chi connectivity index (χ4n) is 5.78. The number of anilines is 1. The second-order valence-corrected chi connectivity index (χ2v) is 11.4. The van der Waals surface area contributed by atoms with Gasteiger partial charge in [0.05, 0.1) is 16.7 Å². The zero-order chi connectivity index (χ0) is 29.6. The minimum Gasteiger partial charge on any atom is -0.490 e. The molecule has 1 aliphatic carbocycles. The van der Waals surface area contributed by atoms with E-state index in [2.05, 4.69) is 20.4 Å². The third-order valence-corrected chi connectivity index (χ3v) is 8.60. The SMILES string of the molecule is N#Cc1ccc(OC2CCC(NC(=O)c3ccc(N4CCC(C(=O)N5CCN(C(=O)O)CC5)CC4)nn3)CC2)cc1Cl. The highest BCUT2D eigenvalue weighted by Crippen LogP contribution is 2.28. The molecule has 13 heteroatoms. The van der Waals surface area contributed by atoms with Crippen LogP contribution < -0.4 is 15.0 Å². The van der Waals surface area contributed by atoms with Gasteiger partial charge >= 0.3 is 6.09 Å². The van der Waals surface area contributed by atoms with Gasteiger partial charge in [0.15, 0.2) is 11.5 Å². The molecule has 0 unspecified atom stereocenters. The number of ether oxygens (including phenoxy) is 1. The summed E-state index contributed by atoms with van der Waals surface area (Å²) in [6.45, 7) is 2.88. The van der Waals surface area contributed by atoms with E-state index in [4.69, 9.17) is 26.7 Å². The monoisotopic (exact) mass is 595 g/mol. The van der Waals surface area contributed by atoms with Crippen LogP contribution in [0.3, 0.4) is 0 Å². The number of nitrogens with zero attached hydrogens (tertiary/aromatic N) is 6. The van der Waals surface area contributed by atoms with Gasteiger partial charge in [-0.05, 0) is 62.8 Å². The van der Waals surface area contributed by atoms with Crippen molar-refractivity contribution >= 4 is 35.3 Å². The van der Waals surface area contributed by atoms with E-state index in [1.165, 1.54) is 4.90 Å². The summed E-state index contributed by atoms with van der Waals surface area (Å²) in [5.41, 5.74) is 0.671. The summed E-state index contributed by atoms with van der Waals surface area (Å²) in [5.74, 6) is 1.06. The Labute approximate surface area is 249 Å². The Morgan fingerprint density at radius 3 is 2.21 bits per heavy atom. The molecule has 5 rings (SSSR count). The first kappa shape index (κ1) is 29.4. The van der Waals surface area contributed by atoms with Crippen LogP contribution in [-0.2, 0) is 4.79 Å². The zero-order valence-corrected chi connectivity index (χ0v) is 24.0. The first-order chi connectivity index (χ1) is 20.3. The number of carbonyl (C=O) groups is 3. The van der Waals surface area contributed by atoms with Crippen molar-refractivity contribution in [2.45, 2.75) is 50.7 Å². The Morgan fingerprint density at radius 2 is 1.62 bits per heavy atom. The van der Waals surface area contributed by atoms with Gasteiger partial charge in [0.1, 0.15) is 11.8 Å². The molecule has 0 atom stereocenters. The number of nitriles is 1. The van der Waals surface area contributed by atoms with E-state index in [0.717, 1.165) is 25.7 Å². The molecule has 3 aliphatic rings. The quantitative estimate of drug-likeness (QED) is 0.513. The number of halogens is 1. The van der Waals surface area contributed by atoms with Crippen molar-refractivity contribution in [2.75, 3.05) is 44.2 Å². The van der Waals surface area contributed by atoms with Crippen LogP contribution in [0.1, 0.15) is 54.6 Å². The number of rotatable bonds is 6. The highest BCUT2D eigenvalue weighted by Gasteiger charge is 2.32. The smallest absolute Gasteiger partial charge is 0.407 e. The summed E-state index contributed by atoms with van der Waals surface area (Å²) in [4.78, 5) is 42.1. The Morgan fingerprint density at radius 1 is 0.929 bits per heavy atom. The van der Waals surface area contributed by atoms with E-state index in [1.807, 2.05) is 6.07 Å². The number of benzene rings is 1. The number of carbonyl (C=O) groups excluding carboxylic acids is 2. The van der Waals surface area contributed by atoms with Gasteiger partial charge in [0, 0.05) is 57.3 Å². The fourth-order valence-corrected chi connectivity index (χ4v) is 6.00. The Kier molecular flexibility index (Phi) is 9.27. The number of hydrogen-bond acceptors (Lipinski definition) is 8. The molecule has 2 aromatic rings. The van der Waals surface area contributed by atoms with Crippen molar-refractivity contribution < 1.29 is 24.2 Å². The Bertz CT molecular complexity index is 1330. The maximum Gasteiger partial charge on any atom is 0.407 e. The van der Waals surface area contributed by atoms with E-state index in [9.17, 15) is 14.4 Å². The van der Waals surface area contributed by atoms with Gasteiger partial charge < -0.3 is 29.9 Å². The predicted molar refractivity (Wildman–Crippen MR) is 153 cm³/mol. The van der Waals surface area contributed by atoms with Crippen molar-refractivity contribution in [2.24, 2.45) is 5.92 Å². The molecular weight excluding hydrogens is 562 g/mol. The molecule has 1 aromatic carbocycles. The van der Waals surface area contributed by atoms with Crippen molar-refractivity contribution in [1.82, 2.24) is 25.3 Å². The first-order valence-electron chi connectivity index (χ1n) is 14.3. The van der Waals surface area contributed by atoms with Gasteiger partial charge in [-0.1, -0.05) is 11.6 Å². The lowest BCUT2D eigenvalue weighted by molar-refractivity contribution is -0.137. The molecule has 0 spiro atoms. The van der Waals surface area contributed by atoms with Crippen LogP contribution in [-0.4, -0.2) is 94.4 Å². The third kappa shape index (κ3) is 7.02. The number of amides is 3. The lowest BCUT2D eigenvalue weighted by Gasteiger charge is -2.38. The number of aromatic nitrogens is 2. The number of hydrogen-bond donors (Lipinski definition) is 2. The molecule has 12 nitrogen and oxygen atoms in total. The highest BCUT2D eigenvalue weighted by atomic mass is 35.5. The maximum atomic E-state index is 12.9. The van der Waals surface area contributed by atoms with Crippen LogP contribution in [0, 0.1) is 17.2 Å². The van der Waals surface area contributed by atoms with E-state index in [-0.39, 0.29) is 35.6 Å². The van der Waals surface area contributed by atoms with Crippen molar-refractivity contribution in [3.63, 3.8) is 0 Å². The lowest BCUT2D eigenvalue weighted by Crippen LogP contribution is -2.52. The molecule has 2 aliphatic heterocycles. The summed E-state index contributed by atoms with van der Waals surface area (Å²) >= 11 is 6.10. The molecule has 1 saturated carbocycles. The molecule has 222 valence electrons. The van der Waals surface area contributed by atoms with Crippen LogP contribution >= 0.6 is 11.6 Å². The van der Waals surface area contributed by atoms with E-state index < -0.39 is 6.09 Å². The van der Waals surface area contributed by atoms with Crippen LogP contribution in [0.5, 0.6) is 5.75 Å². The Balaban J connectivity index is 1.04. The summed E-state index contributed by atoms with van der Waals surface area (Å²) in [7, 11) is 0. The molecule has 2 saturated heterocycles. The summed E-state index contributed by atoms with van der Waals surface area (Å²) in [6, 6.07) is 10.6. The summed E-state index contributed by atoms with van der Waals surface area (Å²) in [6.07, 6.45) is 3.56. The van der Waals surface area contributed by atoms with Crippen LogP contribution in [0.25, 0.3) is 0 Å². The fraction of sp³-hybridized carbons (Fsp3) is 0.517. The molecule has 2 N–H and O–H groups in total. The molecule has 3 fully saturated rings. The summed E-state index contributed by atoms with van der Waals surface area (Å²) in [5, 5.41) is 30.0. The number of carboxylic acid groups (broad SMARTS) is 1. The van der Waals surface area contributed by atoms with Gasteiger partial charge in [-0.2, -0.15) is 5.26 Å². The minimum absolute atomic E-state index is 0.0165. The second kappa shape index (κ2) is 13.2. The predicted octanol–water partition coefficient (Wildman–Crippen LogP) is 3.16. The van der Waals surface area contributed by atoms with Crippen molar-refractivity contribution in [3.8, 4) is 11.8 Å². The van der Waals surface area contributed by atoms with Gasteiger partial charge in [0.25, 0.3) is 5.91 Å². The van der Waals surface area contributed by atoms with Gasteiger partial charge in [-0.25, -0.2) is 4.79 Å². The average molecular weight is 596 g/mol. The van der Waals surface area contributed by atoms with E-state index in [1.54, 1.807) is 35.2 Å². The molecule has 3 amide bonds. The van der Waals surface area contributed by atoms with E-state index >= 15 is 0 Å². The molecule has 3 heterocycles.